The number of aryl methyl sites for hydroxylation is 1. The lowest BCUT2D eigenvalue weighted by atomic mass is 10.1. The van der Waals surface area contributed by atoms with Gasteiger partial charge in [0.05, 0.1) is 11.7 Å². The molecule has 3 rings (SSSR count). The number of aliphatic hydroxyl groups is 1. The number of amides is 1. The van der Waals surface area contributed by atoms with Gasteiger partial charge in [0.15, 0.2) is 0 Å². The molecule has 4 nitrogen and oxygen atoms in total. The van der Waals surface area contributed by atoms with Crippen LogP contribution < -0.4 is 5.32 Å². The smallest absolute Gasteiger partial charge is 0.253 e. The molecule has 1 aromatic heterocycles. The third-order valence-corrected chi connectivity index (χ3v) is 3.83. The normalized spacial score (nSPS) is 12.3. The Kier molecular flexibility index (Phi) is 4.12. The number of halogens is 1. The molecule has 118 valence electrons. The van der Waals surface area contributed by atoms with Crippen LogP contribution in [0, 0.1) is 12.7 Å². The minimum absolute atomic E-state index is 0.0589. The molecule has 0 saturated heterocycles. The number of aromatic nitrogens is 1. The van der Waals surface area contributed by atoms with Gasteiger partial charge in [-0.3, -0.25) is 4.79 Å². The molecule has 1 heterocycles. The van der Waals surface area contributed by atoms with Crippen molar-refractivity contribution in [2.45, 2.75) is 13.0 Å². The van der Waals surface area contributed by atoms with Crippen molar-refractivity contribution in [1.82, 2.24) is 10.3 Å². The Morgan fingerprint density at radius 2 is 1.91 bits per heavy atom. The van der Waals surface area contributed by atoms with Gasteiger partial charge in [-0.15, -0.1) is 0 Å². The molecule has 0 aliphatic carbocycles. The Morgan fingerprint density at radius 3 is 2.65 bits per heavy atom. The Balaban J connectivity index is 1.74. The summed E-state index contributed by atoms with van der Waals surface area (Å²) in [7, 11) is 0. The molecule has 1 amide bonds. The first kappa shape index (κ1) is 15.2. The molecule has 5 heteroatoms. The zero-order valence-corrected chi connectivity index (χ0v) is 12.6. The van der Waals surface area contributed by atoms with Crippen molar-refractivity contribution in [3.63, 3.8) is 0 Å². The van der Waals surface area contributed by atoms with Gasteiger partial charge in [-0.25, -0.2) is 4.39 Å². The number of carbonyl (C=O) groups excluding carboxylic acids is 1. The van der Waals surface area contributed by atoms with Gasteiger partial charge >= 0.3 is 0 Å². The molecular formula is C18H17FN2O2. The number of fused-ring (bicyclic) bond motifs is 1. The van der Waals surface area contributed by atoms with E-state index in [2.05, 4.69) is 10.3 Å². The fourth-order valence-corrected chi connectivity index (χ4v) is 2.65. The summed E-state index contributed by atoms with van der Waals surface area (Å²) >= 11 is 0. The van der Waals surface area contributed by atoms with Crippen molar-refractivity contribution < 1.29 is 14.3 Å². The fraction of sp³-hybridized carbons (Fsp3) is 0.167. The summed E-state index contributed by atoms with van der Waals surface area (Å²) in [5.74, 6) is -0.611. The highest BCUT2D eigenvalue weighted by molar-refractivity contribution is 6.08. The topological polar surface area (TPSA) is 65.1 Å². The van der Waals surface area contributed by atoms with E-state index in [0.29, 0.717) is 11.1 Å². The maximum atomic E-state index is 12.9. The average Bonchev–Trinajstić information content (AvgIpc) is 2.88. The predicted molar refractivity (Wildman–Crippen MR) is 86.7 cm³/mol. The molecular weight excluding hydrogens is 295 g/mol. The van der Waals surface area contributed by atoms with Gasteiger partial charge in [0.2, 0.25) is 0 Å². The van der Waals surface area contributed by atoms with Crippen LogP contribution in [0.5, 0.6) is 0 Å². The standard InChI is InChI=1S/C18H17FN2O2/c1-11-17(14-4-2-3-5-15(14)21-11)18(23)20-10-16(22)12-6-8-13(19)9-7-12/h2-9,16,21-22H,10H2,1H3,(H,20,23). The van der Waals surface area contributed by atoms with Crippen LogP contribution in [0.15, 0.2) is 48.5 Å². The number of H-pyrrole nitrogens is 1. The lowest BCUT2D eigenvalue weighted by Crippen LogP contribution is -2.28. The molecule has 2 aromatic carbocycles. The Hall–Kier alpha value is -2.66. The minimum atomic E-state index is -0.884. The highest BCUT2D eigenvalue weighted by atomic mass is 19.1. The second-order valence-electron chi connectivity index (χ2n) is 5.45. The SMILES string of the molecule is Cc1[nH]c2ccccc2c1C(=O)NCC(O)c1ccc(F)cc1. The number of hydrogen-bond donors (Lipinski definition) is 3. The van der Waals surface area contributed by atoms with Crippen LogP contribution in [0.4, 0.5) is 4.39 Å². The van der Waals surface area contributed by atoms with Crippen LogP contribution in [-0.2, 0) is 0 Å². The van der Waals surface area contributed by atoms with Gasteiger partial charge in [-0.1, -0.05) is 30.3 Å². The Bertz CT molecular complexity index is 840. The predicted octanol–water partition coefficient (Wildman–Crippen LogP) is 3.08. The van der Waals surface area contributed by atoms with E-state index in [0.717, 1.165) is 16.6 Å². The molecule has 0 saturated carbocycles. The van der Waals surface area contributed by atoms with Crippen molar-refractivity contribution in [3.05, 3.63) is 71.2 Å². The van der Waals surface area contributed by atoms with E-state index in [4.69, 9.17) is 0 Å². The zero-order chi connectivity index (χ0) is 16.4. The van der Waals surface area contributed by atoms with Crippen LogP contribution in [0.25, 0.3) is 10.9 Å². The lowest BCUT2D eigenvalue weighted by Gasteiger charge is -2.12. The summed E-state index contributed by atoms with van der Waals surface area (Å²) < 4.78 is 12.9. The number of nitrogens with one attached hydrogen (secondary N) is 2. The largest absolute Gasteiger partial charge is 0.387 e. The molecule has 23 heavy (non-hydrogen) atoms. The van der Waals surface area contributed by atoms with Crippen molar-refractivity contribution >= 4 is 16.8 Å². The second-order valence-corrected chi connectivity index (χ2v) is 5.45. The molecule has 3 N–H and O–H groups in total. The highest BCUT2D eigenvalue weighted by Gasteiger charge is 2.17. The van der Waals surface area contributed by atoms with Crippen LogP contribution in [0.3, 0.4) is 0 Å². The highest BCUT2D eigenvalue weighted by Crippen LogP contribution is 2.22. The van der Waals surface area contributed by atoms with Gasteiger partial charge in [0, 0.05) is 23.1 Å². The van der Waals surface area contributed by atoms with E-state index >= 15 is 0 Å². The number of rotatable bonds is 4. The number of aliphatic hydroxyl groups excluding tert-OH is 1. The third kappa shape index (κ3) is 3.10. The van der Waals surface area contributed by atoms with Crippen molar-refractivity contribution in [2.75, 3.05) is 6.54 Å². The van der Waals surface area contributed by atoms with Crippen LogP contribution >= 0.6 is 0 Å². The average molecular weight is 312 g/mol. The van der Waals surface area contributed by atoms with E-state index in [1.54, 1.807) is 0 Å². The molecule has 0 fully saturated rings. The maximum absolute atomic E-state index is 12.9. The fourth-order valence-electron chi connectivity index (χ4n) is 2.65. The summed E-state index contributed by atoms with van der Waals surface area (Å²) in [5, 5.41) is 13.7. The molecule has 3 aromatic rings. The van der Waals surface area contributed by atoms with Crippen molar-refractivity contribution in [2.24, 2.45) is 0 Å². The molecule has 0 aliphatic heterocycles. The van der Waals surface area contributed by atoms with E-state index in [-0.39, 0.29) is 18.3 Å². The number of aromatic amines is 1. The van der Waals surface area contributed by atoms with E-state index in [1.807, 2.05) is 31.2 Å². The Labute approximate surface area is 133 Å². The maximum Gasteiger partial charge on any atom is 0.253 e. The molecule has 0 aliphatic rings. The summed E-state index contributed by atoms with van der Waals surface area (Å²) in [6.07, 6.45) is -0.884. The summed E-state index contributed by atoms with van der Waals surface area (Å²) in [5.41, 5.74) is 2.81. The Morgan fingerprint density at radius 1 is 1.22 bits per heavy atom. The third-order valence-electron chi connectivity index (χ3n) is 3.83. The van der Waals surface area contributed by atoms with Crippen LogP contribution in [0.2, 0.25) is 0 Å². The number of benzene rings is 2. The lowest BCUT2D eigenvalue weighted by molar-refractivity contribution is 0.0917. The summed E-state index contributed by atoms with van der Waals surface area (Å²) in [6, 6.07) is 13.1. The van der Waals surface area contributed by atoms with E-state index < -0.39 is 6.10 Å². The second kappa shape index (κ2) is 6.22. The van der Waals surface area contributed by atoms with Gasteiger partial charge in [0.1, 0.15) is 5.82 Å². The van der Waals surface area contributed by atoms with Crippen molar-refractivity contribution in [3.8, 4) is 0 Å². The molecule has 1 atom stereocenters. The number of hydrogen-bond acceptors (Lipinski definition) is 2. The molecule has 0 bridgehead atoms. The van der Waals surface area contributed by atoms with Gasteiger partial charge in [-0.2, -0.15) is 0 Å². The monoisotopic (exact) mass is 312 g/mol. The van der Waals surface area contributed by atoms with Crippen LogP contribution in [0.1, 0.15) is 27.7 Å². The van der Waals surface area contributed by atoms with Gasteiger partial charge in [0.25, 0.3) is 5.91 Å². The van der Waals surface area contributed by atoms with Crippen molar-refractivity contribution in [1.29, 1.82) is 0 Å². The first-order valence-corrected chi connectivity index (χ1v) is 7.35. The number of para-hydroxylation sites is 1. The number of carbonyl (C=O) groups is 1. The first-order valence-electron chi connectivity index (χ1n) is 7.35. The minimum Gasteiger partial charge on any atom is -0.387 e. The molecule has 0 radical (unpaired) electrons. The summed E-state index contributed by atoms with van der Waals surface area (Å²) in [4.78, 5) is 15.6. The van der Waals surface area contributed by atoms with E-state index in [9.17, 15) is 14.3 Å². The van der Waals surface area contributed by atoms with E-state index in [1.165, 1.54) is 24.3 Å². The summed E-state index contributed by atoms with van der Waals surface area (Å²) in [6.45, 7) is 1.90. The molecule has 0 spiro atoms. The van der Waals surface area contributed by atoms with Crippen LogP contribution in [-0.4, -0.2) is 22.5 Å². The first-order chi connectivity index (χ1) is 11.1. The molecule has 1 unspecified atom stereocenters. The quantitative estimate of drug-likeness (QED) is 0.693. The van der Waals surface area contributed by atoms with Gasteiger partial charge in [-0.05, 0) is 30.7 Å². The zero-order valence-electron chi connectivity index (χ0n) is 12.6. The van der Waals surface area contributed by atoms with Gasteiger partial charge < -0.3 is 15.4 Å².